The maximum absolute atomic E-state index is 13.0. The molecule has 4 rings (SSSR count). The highest BCUT2D eigenvalue weighted by atomic mass is 32.2. The summed E-state index contributed by atoms with van der Waals surface area (Å²) in [5.74, 6) is 1.30. The average Bonchev–Trinajstić information content (AvgIpc) is 3.25. The van der Waals surface area contributed by atoms with E-state index in [9.17, 15) is 13.2 Å². The number of piperidine rings is 1. The normalized spacial score (nSPS) is 27.8. The summed E-state index contributed by atoms with van der Waals surface area (Å²) in [5, 5.41) is 7.76. The molecule has 0 spiro atoms. The summed E-state index contributed by atoms with van der Waals surface area (Å²) in [6, 6.07) is 1.75. The van der Waals surface area contributed by atoms with E-state index in [1.165, 1.54) is 12.8 Å². The SMILES string of the molecule is C[C@H]1CCCN(CC(C)(C)NC(=O)c2cc(C3CC3)n([C@@H]3CCS(=O)(=O)C3)n2)C1. The van der Waals surface area contributed by atoms with Crippen LogP contribution in [-0.2, 0) is 9.84 Å². The number of hydrogen-bond acceptors (Lipinski definition) is 5. The third-order valence-electron chi connectivity index (χ3n) is 6.36. The van der Waals surface area contributed by atoms with Crippen LogP contribution in [0.25, 0.3) is 0 Å². The van der Waals surface area contributed by atoms with E-state index in [1.54, 1.807) is 0 Å². The Morgan fingerprint density at radius 2 is 2.03 bits per heavy atom. The molecular weight excluding hydrogens is 388 g/mol. The second kappa shape index (κ2) is 7.69. The highest BCUT2D eigenvalue weighted by Gasteiger charge is 2.36. The molecule has 8 heteroatoms. The maximum Gasteiger partial charge on any atom is 0.272 e. The Balaban J connectivity index is 1.46. The molecule has 3 heterocycles. The Morgan fingerprint density at radius 3 is 2.66 bits per heavy atom. The minimum absolute atomic E-state index is 0.133. The van der Waals surface area contributed by atoms with Gasteiger partial charge in [-0.15, -0.1) is 0 Å². The number of carbonyl (C=O) groups is 1. The minimum Gasteiger partial charge on any atom is -0.344 e. The topological polar surface area (TPSA) is 84.3 Å². The lowest BCUT2D eigenvalue weighted by Gasteiger charge is -2.37. The summed E-state index contributed by atoms with van der Waals surface area (Å²) >= 11 is 0. The Hall–Kier alpha value is -1.41. The Bertz CT molecular complexity index is 872. The number of nitrogens with zero attached hydrogens (tertiary/aromatic N) is 3. The highest BCUT2D eigenvalue weighted by molar-refractivity contribution is 7.91. The molecule has 2 saturated heterocycles. The van der Waals surface area contributed by atoms with Gasteiger partial charge in [-0.1, -0.05) is 6.92 Å². The maximum atomic E-state index is 13.0. The quantitative estimate of drug-likeness (QED) is 0.761. The van der Waals surface area contributed by atoms with E-state index in [0.717, 1.165) is 38.2 Å². The van der Waals surface area contributed by atoms with Crippen molar-refractivity contribution in [2.75, 3.05) is 31.1 Å². The summed E-state index contributed by atoms with van der Waals surface area (Å²) in [6.07, 6.45) is 5.26. The van der Waals surface area contributed by atoms with Crippen LogP contribution < -0.4 is 5.32 Å². The van der Waals surface area contributed by atoms with Crippen LogP contribution in [0.2, 0.25) is 0 Å². The summed E-state index contributed by atoms with van der Waals surface area (Å²) in [6.45, 7) is 9.39. The number of aromatic nitrogens is 2. The van der Waals surface area contributed by atoms with Gasteiger partial charge in [0, 0.05) is 30.2 Å². The molecular formula is C21H34N4O3S. The first-order chi connectivity index (χ1) is 13.6. The summed E-state index contributed by atoms with van der Waals surface area (Å²) in [4.78, 5) is 15.4. The van der Waals surface area contributed by atoms with Crippen molar-refractivity contribution in [2.45, 2.75) is 70.4 Å². The van der Waals surface area contributed by atoms with Crippen molar-refractivity contribution < 1.29 is 13.2 Å². The van der Waals surface area contributed by atoms with Crippen molar-refractivity contribution in [3.05, 3.63) is 17.5 Å². The number of rotatable bonds is 6. The van der Waals surface area contributed by atoms with Crippen molar-refractivity contribution in [3.8, 4) is 0 Å². The Labute approximate surface area is 174 Å². The van der Waals surface area contributed by atoms with Crippen molar-refractivity contribution in [1.82, 2.24) is 20.0 Å². The number of sulfone groups is 1. The van der Waals surface area contributed by atoms with E-state index in [0.29, 0.717) is 24.0 Å². The predicted molar refractivity (Wildman–Crippen MR) is 113 cm³/mol. The summed E-state index contributed by atoms with van der Waals surface area (Å²) in [5.41, 5.74) is 1.09. The Morgan fingerprint density at radius 1 is 1.28 bits per heavy atom. The van der Waals surface area contributed by atoms with E-state index in [2.05, 4.69) is 36.1 Å². The lowest BCUT2D eigenvalue weighted by atomic mass is 9.97. The van der Waals surface area contributed by atoms with Crippen molar-refractivity contribution in [2.24, 2.45) is 5.92 Å². The number of nitrogens with one attached hydrogen (secondary N) is 1. The molecule has 3 fully saturated rings. The van der Waals surface area contributed by atoms with Gasteiger partial charge in [-0.2, -0.15) is 5.10 Å². The molecule has 0 unspecified atom stereocenters. The molecule has 29 heavy (non-hydrogen) atoms. The molecule has 1 aliphatic carbocycles. The van der Waals surface area contributed by atoms with E-state index < -0.39 is 9.84 Å². The average molecular weight is 423 g/mol. The van der Waals surface area contributed by atoms with Gasteiger partial charge in [0.2, 0.25) is 0 Å². The molecule has 1 aromatic heterocycles. The van der Waals surface area contributed by atoms with Crippen LogP contribution in [0, 0.1) is 5.92 Å². The highest BCUT2D eigenvalue weighted by Crippen LogP contribution is 2.42. The second-order valence-corrected chi connectivity index (χ2v) is 12.3. The molecule has 0 radical (unpaired) electrons. The van der Waals surface area contributed by atoms with Crippen molar-refractivity contribution >= 4 is 15.7 Å². The molecule has 162 valence electrons. The third-order valence-corrected chi connectivity index (χ3v) is 8.11. The first kappa shape index (κ1) is 20.8. The van der Waals surface area contributed by atoms with Crippen LogP contribution in [0.3, 0.4) is 0 Å². The number of carbonyl (C=O) groups excluding carboxylic acids is 1. The molecule has 3 aliphatic rings. The molecule has 1 aromatic rings. The largest absolute Gasteiger partial charge is 0.344 e. The number of hydrogen-bond donors (Lipinski definition) is 1. The van der Waals surface area contributed by atoms with Gasteiger partial charge in [-0.3, -0.25) is 9.48 Å². The van der Waals surface area contributed by atoms with Crippen LogP contribution in [0.1, 0.15) is 81.0 Å². The van der Waals surface area contributed by atoms with Gasteiger partial charge in [-0.05, 0) is 64.5 Å². The smallest absolute Gasteiger partial charge is 0.272 e. The zero-order valence-corrected chi connectivity index (χ0v) is 18.7. The van der Waals surface area contributed by atoms with E-state index in [-0.39, 0.29) is 29.0 Å². The second-order valence-electron chi connectivity index (χ2n) is 10.1. The standard InChI is InChI=1S/C21H34N4O3S/c1-15-5-4-9-24(12-15)14-21(2,3)22-20(26)18-11-19(16-6-7-16)25(23-18)17-8-10-29(27,28)13-17/h11,15-17H,4-10,12-14H2,1-3H3,(H,22,26)/t15-,17+/m0/s1. The molecule has 2 atom stereocenters. The van der Waals surface area contributed by atoms with Crippen LogP contribution in [-0.4, -0.2) is 65.7 Å². The molecule has 7 nitrogen and oxygen atoms in total. The molecule has 1 amide bonds. The fourth-order valence-corrected chi connectivity index (χ4v) is 6.56. The zero-order valence-electron chi connectivity index (χ0n) is 17.9. The molecule has 1 N–H and O–H groups in total. The molecule has 1 saturated carbocycles. The van der Waals surface area contributed by atoms with Gasteiger partial charge < -0.3 is 10.2 Å². The molecule has 0 aromatic carbocycles. The first-order valence-corrected chi connectivity index (χ1v) is 12.8. The molecule has 0 bridgehead atoms. The fraction of sp³-hybridized carbons (Fsp3) is 0.810. The fourth-order valence-electron chi connectivity index (χ4n) is 4.86. The minimum atomic E-state index is -2.99. The van der Waals surface area contributed by atoms with Gasteiger partial charge in [0.05, 0.1) is 17.5 Å². The lowest BCUT2D eigenvalue weighted by Crippen LogP contribution is -2.53. The predicted octanol–water partition coefficient (Wildman–Crippen LogP) is 2.36. The summed E-state index contributed by atoms with van der Waals surface area (Å²) < 4.78 is 25.7. The zero-order chi connectivity index (χ0) is 20.8. The van der Waals surface area contributed by atoms with Crippen molar-refractivity contribution in [3.63, 3.8) is 0 Å². The van der Waals surface area contributed by atoms with Crippen LogP contribution in [0.15, 0.2) is 6.07 Å². The Kier molecular flexibility index (Phi) is 5.53. The van der Waals surface area contributed by atoms with Gasteiger partial charge in [0.15, 0.2) is 9.84 Å². The summed E-state index contributed by atoms with van der Waals surface area (Å²) in [7, 11) is -2.99. The van der Waals surface area contributed by atoms with E-state index >= 15 is 0 Å². The van der Waals surface area contributed by atoms with E-state index in [1.807, 2.05) is 10.7 Å². The third kappa shape index (κ3) is 5.02. The van der Waals surface area contributed by atoms with Gasteiger partial charge in [-0.25, -0.2) is 8.42 Å². The van der Waals surface area contributed by atoms with Crippen LogP contribution >= 0.6 is 0 Å². The van der Waals surface area contributed by atoms with Crippen LogP contribution in [0.5, 0.6) is 0 Å². The first-order valence-electron chi connectivity index (χ1n) is 11.0. The van der Waals surface area contributed by atoms with Gasteiger partial charge in [0.25, 0.3) is 5.91 Å². The molecule has 2 aliphatic heterocycles. The van der Waals surface area contributed by atoms with Crippen molar-refractivity contribution in [1.29, 1.82) is 0 Å². The monoisotopic (exact) mass is 422 g/mol. The van der Waals surface area contributed by atoms with Gasteiger partial charge >= 0.3 is 0 Å². The van der Waals surface area contributed by atoms with Crippen LogP contribution in [0.4, 0.5) is 0 Å². The number of amides is 1. The number of likely N-dealkylation sites (tertiary alicyclic amines) is 1. The lowest BCUT2D eigenvalue weighted by molar-refractivity contribution is 0.0857. The van der Waals surface area contributed by atoms with Gasteiger partial charge in [0.1, 0.15) is 5.69 Å². The van der Waals surface area contributed by atoms with E-state index in [4.69, 9.17) is 0 Å².